The molecule has 4 rings (SSSR count). The first kappa shape index (κ1) is 16.0. The normalized spacial score (nSPS) is 15.2. The highest BCUT2D eigenvalue weighted by molar-refractivity contribution is 6.28. The van der Waals surface area contributed by atoms with E-state index in [1.165, 1.54) is 0 Å². The zero-order valence-corrected chi connectivity index (χ0v) is 14.2. The zero-order valence-electron chi connectivity index (χ0n) is 14.2. The van der Waals surface area contributed by atoms with E-state index < -0.39 is 0 Å². The van der Waals surface area contributed by atoms with E-state index in [4.69, 9.17) is 9.47 Å². The highest BCUT2D eigenvalue weighted by Gasteiger charge is 2.23. The maximum atomic E-state index is 12.2. The van der Waals surface area contributed by atoms with Crippen LogP contribution in [0.1, 0.15) is 5.56 Å². The number of fused-ring (bicyclic) bond motifs is 1. The molecule has 0 atom stereocenters. The van der Waals surface area contributed by atoms with Crippen molar-refractivity contribution in [2.24, 2.45) is 5.10 Å². The van der Waals surface area contributed by atoms with Gasteiger partial charge in [-0.15, -0.1) is 0 Å². The van der Waals surface area contributed by atoms with Crippen LogP contribution in [0.5, 0.6) is 11.5 Å². The number of nitrogens with zero attached hydrogens (tertiary/aromatic N) is 1. The number of hydrogen-bond donors (Lipinski definition) is 2. The van der Waals surface area contributed by atoms with Gasteiger partial charge in [-0.25, -0.2) is 5.43 Å². The van der Waals surface area contributed by atoms with Crippen LogP contribution in [-0.4, -0.2) is 30.3 Å². The molecule has 0 saturated heterocycles. The van der Waals surface area contributed by atoms with Crippen LogP contribution in [0.2, 0.25) is 0 Å². The molecular formula is C20H17N3O3. The fraction of sp³-hybridized carbons (Fsp3) is 0.100. The monoisotopic (exact) mass is 347 g/mol. The summed E-state index contributed by atoms with van der Waals surface area (Å²) in [6.45, 7) is 0.194. The number of aromatic amines is 1. The second-order valence-corrected chi connectivity index (χ2v) is 5.81. The topological polar surface area (TPSA) is 75.7 Å². The Morgan fingerprint density at radius 1 is 1.08 bits per heavy atom. The molecule has 1 aromatic heterocycles. The average molecular weight is 347 g/mol. The molecule has 0 unspecified atom stereocenters. The Kier molecular flexibility index (Phi) is 4.15. The van der Waals surface area contributed by atoms with Crippen molar-refractivity contribution in [1.82, 2.24) is 10.4 Å². The van der Waals surface area contributed by atoms with Crippen molar-refractivity contribution in [3.8, 4) is 11.5 Å². The summed E-state index contributed by atoms with van der Waals surface area (Å²) in [6.07, 6.45) is 3.71. The van der Waals surface area contributed by atoms with Gasteiger partial charge in [0.1, 0.15) is 23.8 Å². The van der Waals surface area contributed by atoms with Gasteiger partial charge in [-0.1, -0.05) is 18.2 Å². The Morgan fingerprint density at radius 3 is 2.65 bits per heavy atom. The molecular weight excluding hydrogens is 330 g/mol. The third kappa shape index (κ3) is 3.04. The van der Waals surface area contributed by atoms with Crippen molar-refractivity contribution in [3.63, 3.8) is 0 Å². The van der Waals surface area contributed by atoms with Gasteiger partial charge in [-0.3, -0.25) is 4.79 Å². The number of hydrazone groups is 1. The van der Waals surface area contributed by atoms with E-state index in [-0.39, 0.29) is 12.5 Å². The Hall–Kier alpha value is -3.54. The Bertz CT molecular complexity index is 1020. The smallest absolute Gasteiger partial charge is 0.273 e. The molecule has 0 aliphatic carbocycles. The molecule has 6 heteroatoms. The lowest BCUT2D eigenvalue weighted by Gasteiger charge is -2.07. The second-order valence-electron chi connectivity index (χ2n) is 5.81. The number of ether oxygens (including phenoxy) is 2. The molecule has 0 radical (unpaired) electrons. The van der Waals surface area contributed by atoms with Crippen LogP contribution in [0, 0.1) is 0 Å². The number of para-hydroxylation sites is 1. The standard InChI is InChI=1S/C20H17N3O3/c1-25-14-6-8-15(9-7-14)26-12-19-17(20(24)23-22-19)10-13-11-21-18-5-3-2-4-16(13)18/h2-11,21H,12H2,1H3,(H,23,24). The molecule has 2 heterocycles. The summed E-state index contributed by atoms with van der Waals surface area (Å²) in [5, 5.41) is 5.15. The highest BCUT2D eigenvalue weighted by atomic mass is 16.5. The Morgan fingerprint density at radius 2 is 1.85 bits per heavy atom. The first-order valence-corrected chi connectivity index (χ1v) is 8.16. The fourth-order valence-electron chi connectivity index (χ4n) is 2.82. The van der Waals surface area contributed by atoms with Gasteiger partial charge in [0.25, 0.3) is 5.91 Å². The van der Waals surface area contributed by atoms with Crippen molar-refractivity contribution >= 4 is 28.6 Å². The highest BCUT2D eigenvalue weighted by Crippen LogP contribution is 2.22. The van der Waals surface area contributed by atoms with Crippen molar-refractivity contribution < 1.29 is 14.3 Å². The van der Waals surface area contributed by atoms with Gasteiger partial charge >= 0.3 is 0 Å². The van der Waals surface area contributed by atoms with Crippen LogP contribution < -0.4 is 14.9 Å². The molecule has 0 spiro atoms. The summed E-state index contributed by atoms with van der Waals surface area (Å²) in [4.78, 5) is 15.4. The molecule has 3 aromatic rings. The van der Waals surface area contributed by atoms with Crippen LogP contribution in [0.3, 0.4) is 0 Å². The predicted molar refractivity (Wildman–Crippen MR) is 100 cm³/mol. The van der Waals surface area contributed by atoms with Crippen LogP contribution in [-0.2, 0) is 4.79 Å². The van der Waals surface area contributed by atoms with E-state index in [0.717, 1.165) is 22.2 Å². The van der Waals surface area contributed by atoms with Crippen LogP contribution in [0.15, 0.2) is 65.4 Å². The minimum atomic E-state index is -0.233. The number of carbonyl (C=O) groups excluding carboxylic acids is 1. The summed E-state index contributed by atoms with van der Waals surface area (Å²) in [6, 6.07) is 15.2. The van der Waals surface area contributed by atoms with E-state index in [0.29, 0.717) is 17.0 Å². The van der Waals surface area contributed by atoms with Crippen LogP contribution in [0.4, 0.5) is 0 Å². The predicted octanol–water partition coefficient (Wildman–Crippen LogP) is 3.12. The van der Waals surface area contributed by atoms with Crippen molar-refractivity contribution in [2.75, 3.05) is 13.7 Å². The summed E-state index contributed by atoms with van der Waals surface area (Å²) in [5.41, 5.74) is 5.53. The van der Waals surface area contributed by atoms with Gasteiger partial charge < -0.3 is 14.5 Å². The number of rotatable bonds is 5. The molecule has 0 saturated carbocycles. The lowest BCUT2D eigenvalue weighted by molar-refractivity contribution is -0.116. The SMILES string of the molecule is COc1ccc(OCC2=NNC(=O)C2=Cc2c[nH]c3ccccc23)cc1. The van der Waals surface area contributed by atoms with Gasteiger partial charge in [0, 0.05) is 22.7 Å². The Balaban J connectivity index is 1.55. The molecule has 130 valence electrons. The van der Waals surface area contributed by atoms with E-state index in [9.17, 15) is 4.79 Å². The number of nitrogens with one attached hydrogen (secondary N) is 2. The van der Waals surface area contributed by atoms with Crippen LogP contribution >= 0.6 is 0 Å². The number of carbonyl (C=O) groups is 1. The zero-order chi connectivity index (χ0) is 17.9. The van der Waals surface area contributed by atoms with Gasteiger partial charge in [0.05, 0.1) is 12.7 Å². The molecule has 26 heavy (non-hydrogen) atoms. The first-order chi connectivity index (χ1) is 12.7. The van der Waals surface area contributed by atoms with Crippen molar-refractivity contribution in [1.29, 1.82) is 0 Å². The number of amides is 1. The number of methoxy groups -OCH3 is 1. The summed E-state index contributed by atoms with van der Waals surface area (Å²) in [7, 11) is 1.61. The second kappa shape index (κ2) is 6.76. The molecule has 0 bridgehead atoms. The van der Waals surface area contributed by atoms with Crippen LogP contribution in [0.25, 0.3) is 17.0 Å². The van der Waals surface area contributed by atoms with Crippen molar-refractivity contribution in [2.45, 2.75) is 0 Å². The van der Waals surface area contributed by atoms with Gasteiger partial charge in [-0.05, 0) is 36.4 Å². The minimum absolute atomic E-state index is 0.194. The third-order valence-electron chi connectivity index (χ3n) is 4.20. The molecule has 1 amide bonds. The lowest BCUT2D eigenvalue weighted by atomic mass is 10.1. The number of benzene rings is 2. The molecule has 1 aliphatic heterocycles. The summed E-state index contributed by atoms with van der Waals surface area (Å²) >= 11 is 0. The first-order valence-electron chi connectivity index (χ1n) is 8.16. The van der Waals surface area contributed by atoms with E-state index in [1.54, 1.807) is 7.11 Å². The number of hydrogen-bond acceptors (Lipinski definition) is 4. The summed E-state index contributed by atoms with van der Waals surface area (Å²) < 4.78 is 10.9. The quantitative estimate of drug-likeness (QED) is 0.696. The maximum absolute atomic E-state index is 12.2. The lowest BCUT2D eigenvalue weighted by Crippen LogP contribution is -2.16. The molecule has 2 N–H and O–H groups in total. The maximum Gasteiger partial charge on any atom is 0.273 e. The van der Waals surface area contributed by atoms with Crippen molar-refractivity contribution in [3.05, 3.63) is 65.9 Å². The number of H-pyrrole nitrogens is 1. The van der Waals surface area contributed by atoms with E-state index >= 15 is 0 Å². The minimum Gasteiger partial charge on any atom is -0.497 e. The van der Waals surface area contributed by atoms with Gasteiger partial charge in [-0.2, -0.15) is 5.10 Å². The largest absolute Gasteiger partial charge is 0.497 e. The number of aromatic nitrogens is 1. The average Bonchev–Trinajstić information content (AvgIpc) is 3.25. The van der Waals surface area contributed by atoms with E-state index in [1.807, 2.05) is 60.8 Å². The fourth-order valence-corrected chi connectivity index (χ4v) is 2.82. The third-order valence-corrected chi connectivity index (χ3v) is 4.20. The molecule has 1 aliphatic rings. The van der Waals surface area contributed by atoms with Gasteiger partial charge in [0.2, 0.25) is 0 Å². The van der Waals surface area contributed by atoms with E-state index in [2.05, 4.69) is 15.5 Å². The Labute approximate surface area is 150 Å². The molecule has 2 aromatic carbocycles. The molecule has 6 nitrogen and oxygen atoms in total. The van der Waals surface area contributed by atoms with Gasteiger partial charge in [0.15, 0.2) is 0 Å². The summed E-state index contributed by atoms with van der Waals surface area (Å²) in [5.74, 6) is 1.20. The molecule has 0 fully saturated rings.